The number of H-pyrrole nitrogens is 2. The standard InChI is InChI=1S/C32H18N8.Cu/c1-2-10-18-17(9-1)25-33-26(18)38-28-21-13-5-6-14-22(21)30(35-28)40-32-24-16-8-7-15-23(24)31(36-32)39-29-20-12-4-3-11-19(20)27(34-29)37-25;/h1-16H,(H2,33,34,35,36,37,38,39,40);/p+1. The Morgan fingerprint density at radius 1 is 0.341 bits per heavy atom. The van der Waals surface area contributed by atoms with Crippen molar-refractivity contribution < 1.29 is 18.5 Å². The summed E-state index contributed by atoms with van der Waals surface area (Å²) in [6.45, 7) is 0. The Labute approximate surface area is 244 Å². The van der Waals surface area contributed by atoms with Crippen molar-refractivity contribution in [3.05, 3.63) is 97.1 Å². The monoisotopic (exact) mass is 578 g/mol. The van der Waals surface area contributed by atoms with Crippen LogP contribution in [0.2, 0.25) is 0 Å². The van der Waals surface area contributed by atoms with Gasteiger partial charge in [0.05, 0.1) is 0 Å². The molecule has 3 aromatic heterocycles. The molecule has 41 heavy (non-hydrogen) atoms. The second-order valence-electron chi connectivity index (χ2n) is 9.79. The van der Waals surface area contributed by atoms with E-state index in [1.807, 2.05) is 97.1 Å². The van der Waals surface area contributed by atoms with Gasteiger partial charge in [-0.05, 0) is 0 Å². The summed E-state index contributed by atoms with van der Waals surface area (Å²) >= 11 is 0. The molecule has 1 radical (unpaired) electrons. The molecule has 0 unspecified atom stereocenters. The normalized spacial score (nSPS) is 11.7. The van der Waals surface area contributed by atoms with Gasteiger partial charge >= 0.3 is 1.43 Å². The molecule has 2 N–H and O–H groups in total. The average Bonchev–Trinajstić information content (AvgIpc) is 3.73. The van der Waals surface area contributed by atoms with Crippen LogP contribution in [0, 0.1) is 0 Å². The minimum absolute atomic E-state index is 0. The summed E-state index contributed by atoms with van der Waals surface area (Å²) in [5.41, 5.74) is 6.45. The van der Waals surface area contributed by atoms with Gasteiger partial charge in [-0.3, -0.25) is 0 Å². The fourth-order valence-electron chi connectivity index (χ4n) is 5.59. The van der Waals surface area contributed by atoms with E-state index in [-0.39, 0.29) is 18.5 Å². The van der Waals surface area contributed by atoms with E-state index in [1.54, 1.807) is 0 Å². The van der Waals surface area contributed by atoms with Crippen LogP contribution in [0.25, 0.3) is 89.7 Å². The summed E-state index contributed by atoms with van der Waals surface area (Å²) in [6.07, 6.45) is 0. The number of rotatable bonds is 0. The Kier molecular flexibility index (Phi) is 5.12. The maximum absolute atomic E-state index is 5.02. The average molecular weight is 579 g/mol. The van der Waals surface area contributed by atoms with E-state index < -0.39 is 0 Å². The molecule has 0 amide bonds. The van der Waals surface area contributed by atoms with Crippen molar-refractivity contribution in [2.24, 2.45) is 0 Å². The molecule has 2 aliphatic heterocycles. The minimum Gasteiger partial charge on any atom is -0.324 e. The number of fused-ring (bicyclic) bond motifs is 20. The smallest absolute Gasteiger partial charge is 0.324 e. The van der Waals surface area contributed by atoms with Crippen LogP contribution in [0.5, 0.6) is 0 Å². The quantitative estimate of drug-likeness (QED) is 0.188. The van der Waals surface area contributed by atoms with Crippen molar-refractivity contribution in [2.75, 3.05) is 0 Å². The van der Waals surface area contributed by atoms with Gasteiger partial charge in [0, 0.05) is 60.9 Å². The van der Waals surface area contributed by atoms with E-state index in [4.69, 9.17) is 29.9 Å². The van der Waals surface area contributed by atoms with E-state index in [0.717, 1.165) is 43.8 Å². The second kappa shape index (κ2) is 8.89. The van der Waals surface area contributed by atoms with Crippen molar-refractivity contribution in [3.8, 4) is 45.6 Å². The van der Waals surface area contributed by atoms with E-state index in [2.05, 4.69) is 9.97 Å². The van der Waals surface area contributed by atoms with Gasteiger partial charge in [0.25, 0.3) is 0 Å². The van der Waals surface area contributed by atoms with Crippen LogP contribution >= 0.6 is 0 Å². The maximum Gasteiger partial charge on any atom is 1.00 e. The van der Waals surface area contributed by atoms with Crippen LogP contribution in [0.1, 0.15) is 1.43 Å². The summed E-state index contributed by atoms with van der Waals surface area (Å²) in [6, 6.07) is 32.2. The van der Waals surface area contributed by atoms with Gasteiger partial charge in [-0.2, -0.15) is 0 Å². The van der Waals surface area contributed by atoms with Crippen molar-refractivity contribution in [1.82, 2.24) is 39.9 Å². The van der Waals surface area contributed by atoms with Crippen molar-refractivity contribution in [2.45, 2.75) is 0 Å². The zero-order valence-electron chi connectivity index (χ0n) is 22.2. The van der Waals surface area contributed by atoms with Crippen LogP contribution < -0.4 is 0 Å². The molecule has 7 aromatic rings. The number of nitrogens with one attached hydrogen (secondary N) is 2. The number of benzene rings is 4. The number of hydrogen-bond acceptors (Lipinski definition) is 6. The molecule has 0 saturated heterocycles. The molecule has 8 nitrogen and oxygen atoms in total. The molecule has 4 aromatic carbocycles. The first-order valence-electron chi connectivity index (χ1n) is 13.0. The number of hydrogen-bond donors (Lipinski definition) is 2. The van der Waals surface area contributed by atoms with Gasteiger partial charge < -0.3 is 9.97 Å². The third-order valence-corrected chi connectivity index (χ3v) is 7.46. The molecule has 5 heterocycles. The van der Waals surface area contributed by atoms with E-state index >= 15 is 0 Å². The molecule has 0 atom stereocenters. The molecular weight excluding hydrogens is 560 g/mol. The predicted molar refractivity (Wildman–Crippen MR) is 157 cm³/mol. The molecule has 9 rings (SSSR count). The van der Waals surface area contributed by atoms with E-state index in [0.29, 0.717) is 45.9 Å². The molecule has 0 spiro atoms. The van der Waals surface area contributed by atoms with Gasteiger partial charge in [-0.25, -0.2) is 29.9 Å². The summed E-state index contributed by atoms with van der Waals surface area (Å²) in [5, 5.41) is 3.82. The summed E-state index contributed by atoms with van der Waals surface area (Å²) in [5.74, 6) is 2.39. The molecule has 2 aliphatic rings. The van der Waals surface area contributed by atoms with Gasteiger partial charge in [-0.1, -0.05) is 97.1 Å². The molecule has 8 bridgehead atoms. The Morgan fingerprint density at radius 2 is 0.585 bits per heavy atom. The molecule has 0 saturated carbocycles. The van der Waals surface area contributed by atoms with Crippen molar-refractivity contribution in [1.29, 1.82) is 0 Å². The number of nitrogens with zero attached hydrogens (tertiary/aromatic N) is 6. The molecule has 0 fully saturated rings. The zero-order chi connectivity index (χ0) is 26.2. The van der Waals surface area contributed by atoms with Gasteiger partial charge in [0.1, 0.15) is 22.6 Å². The molecule has 9 heteroatoms. The molecule has 197 valence electrons. The topological polar surface area (TPSA) is 109 Å². The molecular formula is C32H19CuN8+. The zero-order valence-corrected chi connectivity index (χ0v) is 22.2. The Hall–Kier alpha value is -5.24. The predicted octanol–water partition coefficient (Wildman–Crippen LogP) is 6.98. The maximum atomic E-state index is 5.02. The fourth-order valence-corrected chi connectivity index (χ4v) is 5.59. The first kappa shape index (κ1) is 23.6. The van der Waals surface area contributed by atoms with Crippen LogP contribution in [-0.4, -0.2) is 39.9 Å². The van der Waals surface area contributed by atoms with E-state index in [1.165, 1.54) is 0 Å². The summed E-state index contributed by atoms with van der Waals surface area (Å²) < 4.78 is 0. The Bertz CT molecular complexity index is 2040. The first-order valence-corrected chi connectivity index (χ1v) is 13.0. The largest absolute Gasteiger partial charge is 1.00 e. The van der Waals surface area contributed by atoms with E-state index in [9.17, 15) is 0 Å². The third kappa shape index (κ3) is 3.53. The summed E-state index contributed by atoms with van der Waals surface area (Å²) in [7, 11) is 0. The number of aromatic nitrogens is 8. The van der Waals surface area contributed by atoms with Crippen LogP contribution in [0.4, 0.5) is 0 Å². The fraction of sp³-hybridized carbons (Fsp3) is 0. The van der Waals surface area contributed by atoms with Crippen LogP contribution in [-0.2, 0) is 17.1 Å². The van der Waals surface area contributed by atoms with Crippen LogP contribution in [0.15, 0.2) is 97.1 Å². The minimum atomic E-state index is 0. The SMILES string of the molecule is [Cu].[H+].c1ccc2c(c1)-c1nc-2nc2[nH]c(nc3nc(nc4[nH]c(n1)c1ccccc41)-c1ccccc1-3)c1ccccc21. The number of aromatic amines is 2. The third-order valence-electron chi connectivity index (χ3n) is 7.46. The first-order chi connectivity index (χ1) is 19.8. The van der Waals surface area contributed by atoms with Crippen LogP contribution in [0.3, 0.4) is 0 Å². The second-order valence-corrected chi connectivity index (χ2v) is 9.79. The Morgan fingerprint density at radius 3 is 0.854 bits per heavy atom. The van der Waals surface area contributed by atoms with Gasteiger partial charge in [-0.15, -0.1) is 0 Å². The van der Waals surface area contributed by atoms with Crippen molar-refractivity contribution >= 4 is 44.1 Å². The molecule has 0 aliphatic carbocycles. The Balaban J connectivity index is 0.00000144. The van der Waals surface area contributed by atoms with Crippen molar-refractivity contribution in [3.63, 3.8) is 0 Å². The van der Waals surface area contributed by atoms with Gasteiger partial charge in [0.2, 0.25) is 0 Å². The summed E-state index contributed by atoms with van der Waals surface area (Å²) in [4.78, 5) is 36.8. The van der Waals surface area contributed by atoms with Gasteiger partial charge in [0.15, 0.2) is 23.3 Å².